The number of aryl methyl sites for hydroxylation is 3. The highest BCUT2D eigenvalue weighted by Crippen LogP contribution is 2.40. The lowest BCUT2D eigenvalue weighted by Gasteiger charge is -2.08. The number of carbonyl (C=O) groups is 1. The second-order valence-electron chi connectivity index (χ2n) is 5.10. The summed E-state index contributed by atoms with van der Waals surface area (Å²) in [5.74, 6) is -0.373. The maximum atomic E-state index is 11.9. The second-order valence-corrected chi connectivity index (χ2v) is 6.19. The molecule has 3 rings (SSSR count). The molecule has 0 saturated carbocycles. The number of ether oxygens (including phenoxy) is 1. The van der Waals surface area contributed by atoms with Crippen LogP contribution in [0.2, 0.25) is 0 Å². The summed E-state index contributed by atoms with van der Waals surface area (Å²) in [4.78, 5) is 17.7. The normalized spacial score (nSPS) is 16.8. The van der Waals surface area contributed by atoms with Crippen LogP contribution in [0.4, 0.5) is 10.8 Å². The van der Waals surface area contributed by atoms with Crippen molar-refractivity contribution in [3.8, 4) is 0 Å². The number of aromatic amines is 1. The van der Waals surface area contributed by atoms with Crippen molar-refractivity contribution in [1.82, 2.24) is 15.2 Å². The molecular formula is C14H18N4O2S. The van der Waals surface area contributed by atoms with Crippen molar-refractivity contribution in [2.75, 3.05) is 11.9 Å². The largest absolute Gasteiger partial charge is 0.465 e. The van der Waals surface area contributed by atoms with Crippen molar-refractivity contribution in [3.05, 3.63) is 22.0 Å². The Bertz CT molecular complexity index is 657. The third-order valence-corrected chi connectivity index (χ3v) is 4.70. The number of hydrogen-bond acceptors (Lipinski definition) is 6. The van der Waals surface area contributed by atoms with E-state index in [0.29, 0.717) is 6.61 Å². The molecule has 0 amide bonds. The molecule has 21 heavy (non-hydrogen) atoms. The number of fused-ring (bicyclic) bond motifs is 1. The molecule has 1 aliphatic carbocycles. The molecular weight excluding hydrogens is 288 g/mol. The summed E-state index contributed by atoms with van der Waals surface area (Å²) in [6, 6.07) is 0. The van der Waals surface area contributed by atoms with Crippen molar-refractivity contribution >= 4 is 28.1 Å². The second kappa shape index (κ2) is 5.48. The van der Waals surface area contributed by atoms with Gasteiger partial charge in [-0.1, -0.05) is 0 Å². The zero-order chi connectivity index (χ0) is 15.0. The first-order valence-electron chi connectivity index (χ1n) is 7.05. The van der Waals surface area contributed by atoms with Gasteiger partial charge in [0, 0.05) is 4.88 Å². The summed E-state index contributed by atoms with van der Waals surface area (Å²) >= 11 is 1.61. The Hall–Kier alpha value is -1.89. The molecule has 0 bridgehead atoms. The first-order chi connectivity index (χ1) is 10.1. The number of rotatable bonds is 4. The van der Waals surface area contributed by atoms with Crippen LogP contribution >= 0.6 is 11.3 Å². The van der Waals surface area contributed by atoms with Gasteiger partial charge in [0.1, 0.15) is 5.92 Å². The molecule has 0 radical (unpaired) electrons. The minimum atomic E-state index is -0.210. The van der Waals surface area contributed by atoms with Crippen LogP contribution in [0.25, 0.3) is 0 Å². The lowest BCUT2D eigenvalue weighted by atomic mass is 10.1. The highest BCUT2D eigenvalue weighted by Gasteiger charge is 2.33. The van der Waals surface area contributed by atoms with E-state index in [1.807, 2.05) is 20.8 Å². The van der Waals surface area contributed by atoms with E-state index in [1.165, 1.54) is 4.88 Å². The zero-order valence-corrected chi connectivity index (χ0v) is 13.1. The van der Waals surface area contributed by atoms with Gasteiger partial charge < -0.3 is 10.1 Å². The van der Waals surface area contributed by atoms with Gasteiger partial charge >= 0.3 is 5.97 Å². The zero-order valence-electron chi connectivity index (χ0n) is 12.3. The molecule has 1 unspecified atom stereocenters. The standard InChI is InChI=1S/C14H18N4O2S/c1-4-20-13(19)9-5-6-10-12(9)16-14(21-10)15-11-7(2)17-18-8(11)3/h9H,4-6H2,1-3H3,(H,15,16)(H,17,18). The van der Waals surface area contributed by atoms with Gasteiger partial charge in [-0.05, 0) is 33.6 Å². The van der Waals surface area contributed by atoms with Crippen LogP contribution in [0.1, 0.15) is 41.2 Å². The van der Waals surface area contributed by atoms with Crippen LogP contribution in [0.5, 0.6) is 0 Å². The molecule has 0 aromatic carbocycles. The van der Waals surface area contributed by atoms with Gasteiger partial charge in [-0.3, -0.25) is 9.89 Å². The van der Waals surface area contributed by atoms with E-state index in [4.69, 9.17) is 4.74 Å². The van der Waals surface area contributed by atoms with Crippen LogP contribution < -0.4 is 5.32 Å². The number of nitrogens with zero attached hydrogens (tertiary/aromatic N) is 2. The van der Waals surface area contributed by atoms with Crippen molar-refractivity contribution < 1.29 is 9.53 Å². The Morgan fingerprint density at radius 1 is 1.52 bits per heavy atom. The monoisotopic (exact) mass is 306 g/mol. The average Bonchev–Trinajstić information content (AvgIpc) is 3.09. The number of nitrogens with one attached hydrogen (secondary N) is 2. The molecule has 1 atom stereocenters. The van der Waals surface area contributed by atoms with E-state index < -0.39 is 0 Å². The summed E-state index contributed by atoms with van der Waals surface area (Å²) in [7, 11) is 0. The molecule has 0 fully saturated rings. The Kier molecular flexibility index (Phi) is 3.67. The van der Waals surface area contributed by atoms with Crippen molar-refractivity contribution in [1.29, 1.82) is 0 Å². The highest BCUT2D eigenvalue weighted by molar-refractivity contribution is 7.15. The Morgan fingerprint density at radius 2 is 2.33 bits per heavy atom. The van der Waals surface area contributed by atoms with Gasteiger partial charge in [-0.2, -0.15) is 5.10 Å². The van der Waals surface area contributed by atoms with Crippen LogP contribution in [-0.4, -0.2) is 27.8 Å². The van der Waals surface area contributed by atoms with E-state index in [1.54, 1.807) is 11.3 Å². The smallest absolute Gasteiger partial charge is 0.315 e. The van der Waals surface area contributed by atoms with Crippen molar-refractivity contribution in [2.24, 2.45) is 0 Å². The van der Waals surface area contributed by atoms with E-state index in [0.717, 1.165) is 40.7 Å². The fourth-order valence-electron chi connectivity index (χ4n) is 2.59. The summed E-state index contributed by atoms with van der Waals surface area (Å²) in [6.45, 7) is 6.14. The predicted molar refractivity (Wildman–Crippen MR) is 81.2 cm³/mol. The minimum absolute atomic E-state index is 0.163. The quantitative estimate of drug-likeness (QED) is 0.849. The summed E-state index contributed by atoms with van der Waals surface area (Å²) in [6.07, 6.45) is 1.69. The number of hydrogen-bond donors (Lipinski definition) is 2. The SMILES string of the molecule is CCOC(=O)C1CCc2sc(Nc3c(C)n[nH]c3C)nc21. The number of thiazole rings is 1. The van der Waals surface area contributed by atoms with Gasteiger partial charge in [-0.25, -0.2) is 4.98 Å². The molecule has 2 aromatic heterocycles. The Balaban J connectivity index is 1.82. The van der Waals surface area contributed by atoms with E-state index >= 15 is 0 Å². The maximum Gasteiger partial charge on any atom is 0.315 e. The summed E-state index contributed by atoms with van der Waals surface area (Å²) in [5, 5.41) is 11.2. The molecule has 2 N–H and O–H groups in total. The van der Waals surface area contributed by atoms with Gasteiger partial charge in [0.25, 0.3) is 0 Å². The topological polar surface area (TPSA) is 79.9 Å². The third kappa shape index (κ3) is 2.53. The summed E-state index contributed by atoms with van der Waals surface area (Å²) < 4.78 is 5.13. The van der Waals surface area contributed by atoms with Crippen LogP contribution in [-0.2, 0) is 16.0 Å². The predicted octanol–water partition coefficient (Wildman–Crippen LogP) is 2.82. The maximum absolute atomic E-state index is 11.9. The first kappa shape index (κ1) is 14.1. The van der Waals surface area contributed by atoms with Crippen molar-refractivity contribution in [3.63, 3.8) is 0 Å². The number of anilines is 2. The molecule has 0 spiro atoms. The Morgan fingerprint density at radius 3 is 3.00 bits per heavy atom. The van der Waals surface area contributed by atoms with Gasteiger partial charge in [0.05, 0.1) is 29.4 Å². The van der Waals surface area contributed by atoms with Crippen LogP contribution in [0.3, 0.4) is 0 Å². The highest BCUT2D eigenvalue weighted by atomic mass is 32.1. The lowest BCUT2D eigenvalue weighted by Crippen LogP contribution is -2.14. The molecule has 6 nitrogen and oxygen atoms in total. The average molecular weight is 306 g/mol. The molecule has 7 heteroatoms. The molecule has 1 aliphatic rings. The van der Waals surface area contributed by atoms with E-state index in [9.17, 15) is 4.79 Å². The van der Waals surface area contributed by atoms with Gasteiger partial charge in [-0.15, -0.1) is 11.3 Å². The number of esters is 1. The number of carbonyl (C=O) groups excluding carboxylic acids is 1. The van der Waals surface area contributed by atoms with Crippen LogP contribution in [0.15, 0.2) is 0 Å². The molecule has 2 aromatic rings. The first-order valence-corrected chi connectivity index (χ1v) is 7.86. The molecule has 2 heterocycles. The molecule has 0 saturated heterocycles. The molecule has 0 aliphatic heterocycles. The van der Waals surface area contributed by atoms with Gasteiger partial charge in [0.2, 0.25) is 0 Å². The number of aromatic nitrogens is 3. The Labute approximate surface area is 126 Å². The molecule has 112 valence electrons. The third-order valence-electron chi connectivity index (χ3n) is 3.65. The fraction of sp³-hybridized carbons (Fsp3) is 0.500. The lowest BCUT2D eigenvalue weighted by molar-refractivity contribution is -0.145. The summed E-state index contributed by atoms with van der Waals surface area (Å²) in [5.41, 5.74) is 3.71. The van der Waals surface area contributed by atoms with Gasteiger partial charge in [0.15, 0.2) is 5.13 Å². The minimum Gasteiger partial charge on any atom is -0.465 e. The van der Waals surface area contributed by atoms with Crippen molar-refractivity contribution in [2.45, 2.75) is 39.5 Å². The number of H-pyrrole nitrogens is 1. The van der Waals surface area contributed by atoms with Crippen LogP contribution in [0, 0.1) is 13.8 Å². The fourth-order valence-corrected chi connectivity index (χ4v) is 3.64. The van der Waals surface area contributed by atoms with E-state index in [-0.39, 0.29) is 11.9 Å². The van der Waals surface area contributed by atoms with E-state index in [2.05, 4.69) is 20.5 Å².